The fourth-order valence-corrected chi connectivity index (χ4v) is 1.11. The number of carbonyl (C=O) groups excluding carboxylic acids is 1. The van der Waals surface area contributed by atoms with E-state index in [2.05, 4.69) is 20.2 Å². The number of hydrogen-bond acceptors (Lipinski definition) is 7. The number of nitriles is 1. The molecular weight excluding hydrogens is 224 g/mol. The Morgan fingerprint density at radius 1 is 1.53 bits per heavy atom. The summed E-state index contributed by atoms with van der Waals surface area (Å²) in [6.07, 6.45) is 3.14. The van der Waals surface area contributed by atoms with Crippen LogP contribution in [0.4, 0.5) is 0 Å². The molecule has 8 nitrogen and oxygen atoms in total. The van der Waals surface area contributed by atoms with Gasteiger partial charge in [0, 0.05) is 0 Å². The molecule has 0 aliphatic carbocycles. The lowest BCUT2D eigenvalue weighted by Gasteiger charge is -2.02. The summed E-state index contributed by atoms with van der Waals surface area (Å²) in [7, 11) is 1.39. The third-order valence-electron chi connectivity index (χ3n) is 1.86. The lowest BCUT2D eigenvalue weighted by molar-refractivity contribution is 0.111. The molecular formula is C9H6N6O2. The Morgan fingerprint density at radius 3 is 2.94 bits per heavy atom. The third-order valence-corrected chi connectivity index (χ3v) is 1.86. The normalized spacial score (nSPS) is 9.65. The van der Waals surface area contributed by atoms with Crippen LogP contribution in [0.3, 0.4) is 0 Å². The summed E-state index contributed by atoms with van der Waals surface area (Å²) >= 11 is 0. The predicted molar refractivity (Wildman–Crippen MR) is 53.6 cm³/mol. The van der Waals surface area contributed by atoms with Crippen molar-refractivity contribution in [2.24, 2.45) is 0 Å². The van der Waals surface area contributed by atoms with Crippen LogP contribution in [0.25, 0.3) is 5.95 Å². The van der Waals surface area contributed by atoms with Crippen LogP contribution in [0.15, 0.2) is 12.4 Å². The zero-order valence-electron chi connectivity index (χ0n) is 8.73. The standard InChI is InChI=1S/C9H6N6O2/c1-17-8-6(2-10)3-11-9(13-8)15-12-4-7(5-16)14-15/h3-5H,1H3. The van der Waals surface area contributed by atoms with E-state index in [0.29, 0.717) is 6.29 Å². The second-order valence-electron chi connectivity index (χ2n) is 2.88. The van der Waals surface area contributed by atoms with Gasteiger partial charge in [0.1, 0.15) is 17.3 Å². The average Bonchev–Trinajstić information content (AvgIpc) is 2.86. The molecule has 0 atom stereocenters. The number of rotatable bonds is 3. The highest BCUT2D eigenvalue weighted by molar-refractivity contribution is 5.70. The summed E-state index contributed by atoms with van der Waals surface area (Å²) in [6, 6.07) is 1.89. The summed E-state index contributed by atoms with van der Waals surface area (Å²) in [6.45, 7) is 0. The second-order valence-corrected chi connectivity index (χ2v) is 2.88. The molecule has 2 heterocycles. The van der Waals surface area contributed by atoms with E-state index in [9.17, 15) is 4.79 Å². The topological polar surface area (TPSA) is 107 Å². The maximum Gasteiger partial charge on any atom is 0.272 e. The van der Waals surface area contributed by atoms with Crippen molar-refractivity contribution in [3.8, 4) is 17.9 Å². The molecule has 84 valence electrons. The van der Waals surface area contributed by atoms with Crippen molar-refractivity contribution in [2.75, 3.05) is 7.11 Å². The maximum absolute atomic E-state index is 10.5. The number of ether oxygens (including phenoxy) is 1. The van der Waals surface area contributed by atoms with E-state index in [1.807, 2.05) is 6.07 Å². The molecule has 0 radical (unpaired) electrons. The van der Waals surface area contributed by atoms with Crippen LogP contribution in [0, 0.1) is 11.3 Å². The molecule has 0 aliphatic heterocycles. The van der Waals surface area contributed by atoms with Crippen molar-refractivity contribution < 1.29 is 9.53 Å². The molecule has 0 saturated heterocycles. The van der Waals surface area contributed by atoms with Crippen molar-refractivity contribution in [2.45, 2.75) is 0 Å². The van der Waals surface area contributed by atoms with Gasteiger partial charge in [-0.2, -0.15) is 15.3 Å². The first kappa shape index (κ1) is 10.7. The molecule has 0 bridgehead atoms. The fourth-order valence-electron chi connectivity index (χ4n) is 1.11. The van der Waals surface area contributed by atoms with Gasteiger partial charge in [-0.25, -0.2) is 4.98 Å². The van der Waals surface area contributed by atoms with Crippen LogP contribution in [0.1, 0.15) is 16.1 Å². The molecule has 0 spiro atoms. The number of aldehydes is 1. The average molecular weight is 230 g/mol. The molecule has 2 aromatic heterocycles. The Bertz CT molecular complexity index is 600. The Hall–Kier alpha value is -2.82. The predicted octanol–water partition coefficient (Wildman–Crippen LogP) is -0.250. The monoisotopic (exact) mass is 230 g/mol. The first-order valence-electron chi connectivity index (χ1n) is 4.47. The Kier molecular flexibility index (Phi) is 2.74. The Balaban J connectivity index is 2.46. The van der Waals surface area contributed by atoms with Gasteiger partial charge in [0.2, 0.25) is 5.88 Å². The van der Waals surface area contributed by atoms with Crippen molar-refractivity contribution in [1.82, 2.24) is 25.0 Å². The minimum absolute atomic E-state index is 0.119. The summed E-state index contributed by atoms with van der Waals surface area (Å²) in [5, 5.41) is 16.4. The van der Waals surface area contributed by atoms with Gasteiger partial charge in [-0.1, -0.05) is 0 Å². The van der Waals surface area contributed by atoms with Gasteiger partial charge >= 0.3 is 0 Å². The summed E-state index contributed by atoms with van der Waals surface area (Å²) in [5.41, 5.74) is 0.371. The molecule has 8 heteroatoms. The first-order chi connectivity index (χ1) is 8.28. The molecule has 0 aromatic carbocycles. The molecule has 0 amide bonds. The zero-order valence-corrected chi connectivity index (χ0v) is 8.73. The van der Waals surface area contributed by atoms with E-state index in [1.165, 1.54) is 19.5 Å². The summed E-state index contributed by atoms with van der Waals surface area (Å²) in [4.78, 5) is 19.4. The van der Waals surface area contributed by atoms with Crippen LogP contribution < -0.4 is 4.74 Å². The van der Waals surface area contributed by atoms with Crippen LogP contribution in [-0.2, 0) is 0 Å². The third kappa shape index (κ3) is 1.93. The van der Waals surface area contributed by atoms with E-state index in [1.54, 1.807) is 0 Å². The van der Waals surface area contributed by atoms with Crippen molar-refractivity contribution in [1.29, 1.82) is 5.26 Å². The van der Waals surface area contributed by atoms with E-state index >= 15 is 0 Å². The largest absolute Gasteiger partial charge is 0.480 e. The number of methoxy groups -OCH3 is 1. The van der Waals surface area contributed by atoms with Gasteiger partial charge in [-0.05, 0) is 0 Å². The highest BCUT2D eigenvalue weighted by atomic mass is 16.5. The zero-order chi connectivity index (χ0) is 12.3. The lowest BCUT2D eigenvalue weighted by Crippen LogP contribution is -2.07. The first-order valence-corrected chi connectivity index (χ1v) is 4.47. The highest BCUT2D eigenvalue weighted by Crippen LogP contribution is 2.13. The number of nitrogens with zero attached hydrogens (tertiary/aromatic N) is 6. The van der Waals surface area contributed by atoms with Gasteiger partial charge in [0.15, 0.2) is 6.29 Å². The van der Waals surface area contributed by atoms with Crippen LogP contribution >= 0.6 is 0 Å². The Morgan fingerprint density at radius 2 is 2.35 bits per heavy atom. The van der Waals surface area contributed by atoms with Crippen LogP contribution in [0.5, 0.6) is 5.88 Å². The number of hydrogen-bond donors (Lipinski definition) is 0. The Labute approximate surface area is 95.5 Å². The summed E-state index contributed by atoms with van der Waals surface area (Å²) in [5.74, 6) is 0.247. The van der Waals surface area contributed by atoms with Crippen molar-refractivity contribution in [3.05, 3.63) is 23.7 Å². The fraction of sp³-hybridized carbons (Fsp3) is 0.111. The second kappa shape index (κ2) is 4.36. The van der Waals surface area contributed by atoms with Crippen molar-refractivity contribution in [3.63, 3.8) is 0 Å². The quantitative estimate of drug-likeness (QED) is 0.669. The molecule has 0 N–H and O–H groups in total. The molecule has 0 unspecified atom stereocenters. The van der Waals surface area contributed by atoms with Gasteiger partial charge in [0.25, 0.3) is 5.95 Å². The van der Waals surface area contributed by atoms with Crippen LogP contribution in [-0.4, -0.2) is 38.4 Å². The van der Waals surface area contributed by atoms with Gasteiger partial charge in [-0.15, -0.1) is 9.90 Å². The molecule has 2 rings (SSSR count). The van der Waals surface area contributed by atoms with Gasteiger partial charge < -0.3 is 4.74 Å². The van der Waals surface area contributed by atoms with Gasteiger partial charge in [-0.3, -0.25) is 4.79 Å². The SMILES string of the molecule is COc1nc(-n2ncc(C=O)n2)ncc1C#N. The minimum atomic E-state index is 0.119. The van der Waals surface area contributed by atoms with E-state index < -0.39 is 0 Å². The van der Waals surface area contributed by atoms with Crippen LogP contribution in [0.2, 0.25) is 0 Å². The molecule has 17 heavy (non-hydrogen) atoms. The lowest BCUT2D eigenvalue weighted by atomic mass is 10.4. The smallest absolute Gasteiger partial charge is 0.272 e. The number of aromatic nitrogens is 5. The maximum atomic E-state index is 10.5. The van der Waals surface area contributed by atoms with E-state index in [0.717, 1.165) is 4.80 Å². The highest BCUT2D eigenvalue weighted by Gasteiger charge is 2.10. The summed E-state index contributed by atoms with van der Waals surface area (Å²) < 4.78 is 4.92. The molecule has 0 fully saturated rings. The van der Waals surface area contributed by atoms with Crippen molar-refractivity contribution >= 4 is 6.29 Å². The van der Waals surface area contributed by atoms with E-state index in [-0.39, 0.29) is 23.1 Å². The van der Waals surface area contributed by atoms with Gasteiger partial charge in [0.05, 0.1) is 19.5 Å². The minimum Gasteiger partial charge on any atom is -0.480 e. The van der Waals surface area contributed by atoms with E-state index in [4.69, 9.17) is 10.00 Å². The number of carbonyl (C=O) groups is 1. The molecule has 2 aromatic rings. The molecule has 0 aliphatic rings. The molecule has 0 saturated carbocycles.